The SMILES string of the molecule is Fc1ccc(-c2ccc(-c3nc(-c4ccccc4)nc(-c4ccccc4)n3)c(-n3c4ccccc4c4cc(-c5nc(-c6ccccc6)nc(-c6ccccc6)n5)ccc43)c2)c(F)c1. The number of nitrogens with zero attached hydrogens (tertiary/aromatic N) is 7. The van der Waals surface area contributed by atoms with E-state index in [1.807, 2.05) is 158 Å². The Bertz CT molecular complexity index is 3350. The Morgan fingerprint density at radius 3 is 1.25 bits per heavy atom. The molecule has 0 saturated heterocycles. The molecule has 3 heterocycles. The zero-order valence-corrected chi connectivity index (χ0v) is 33.4. The molecule has 0 aliphatic rings. The third-order valence-corrected chi connectivity index (χ3v) is 11.1. The Kier molecular flexibility index (Phi) is 9.39. The van der Waals surface area contributed by atoms with E-state index in [1.54, 1.807) is 0 Å². The average Bonchev–Trinajstić information content (AvgIpc) is 3.68. The van der Waals surface area contributed by atoms with Crippen molar-refractivity contribution in [2.75, 3.05) is 0 Å². The van der Waals surface area contributed by atoms with Crippen molar-refractivity contribution in [3.05, 3.63) is 212 Å². The van der Waals surface area contributed by atoms with Gasteiger partial charge in [-0.2, -0.15) is 0 Å². The van der Waals surface area contributed by atoms with Crippen molar-refractivity contribution in [2.24, 2.45) is 0 Å². The Balaban J connectivity index is 1.16. The highest BCUT2D eigenvalue weighted by molar-refractivity contribution is 6.11. The molecule has 0 amide bonds. The van der Waals surface area contributed by atoms with Crippen molar-refractivity contribution in [3.63, 3.8) is 0 Å². The minimum absolute atomic E-state index is 0.260. The van der Waals surface area contributed by atoms with Gasteiger partial charge >= 0.3 is 0 Å². The zero-order valence-electron chi connectivity index (χ0n) is 33.4. The van der Waals surface area contributed by atoms with Gasteiger partial charge in [0.2, 0.25) is 0 Å². The van der Waals surface area contributed by atoms with Crippen LogP contribution in [0.4, 0.5) is 8.78 Å². The van der Waals surface area contributed by atoms with E-state index in [9.17, 15) is 4.39 Å². The van der Waals surface area contributed by atoms with Crippen LogP contribution in [0.2, 0.25) is 0 Å². The number of benzene rings is 8. The van der Waals surface area contributed by atoms with Crippen LogP contribution >= 0.6 is 0 Å². The molecule has 11 rings (SSSR count). The number of aromatic nitrogens is 7. The van der Waals surface area contributed by atoms with Gasteiger partial charge in [-0.25, -0.2) is 38.7 Å². The average molecular weight is 818 g/mol. The van der Waals surface area contributed by atoms with Gasteiger partial charge in [-0.05, 0) is 54.1 Å². The summed E-state index contributed by atoms with van der Waals surface area (Å²) in [5, 5.41) is 1.92. The molecule has 63 heavy (non-hydrogen) atoms. The van der Waals surface area contributed by atoms with Crippen LogP contribution in [0.5, 0.6) is 0 Å². The van der Waals surface area contributed by atoms with Crippen LogP contribution in [-0.4, -0.2) is 34.5 Å². The second kappa shape index (κ2) is 15.8. The van der Waals surface area contributed by atoms with E-state index in [4.69, 9.17) is 29.9 Å². The smallest absolute Gasteiger partial charge is 0.166 e. The summed E-state index contributed by atoms with van der Waals surface area (Å²) in [7, 11) is 0. The lowest BCUT2D eigenvalue weighted by molar-refractivity contribution is 0.585. The van der Waals surface area contributed by atoms with Gasteiger partial charge in [0.15, 0.2) is 34.9 Å². The summed E-state index contributed by atoms with van der Waals surface area (Å²) < 4.78 is 32.0. The summed E-state index contributed by atoms with van der Waals surface area (Å²) >= 11 is 0. The molecule has 0 unspecified atom stereocenters. The van der Waals surface area contributed by atoms with Gasteiger partial charge in [0.1, 0.15) is 11.6 Å². The van der Waals surface area contributed by atoms with Crippen LogP contribution in [0.25, 0.3) is 107 Å². The molecule has 0 spiro atoms. The lowest BCUT2D eigenvalue weighted by Crippen LogP contribution is -2.04. The van der Waals surface area contributed by atoms with Crippen molar-refractivity contribution in [2.45, 2.75) is 0 Å². The van der Waals surface area contributed by atoms with E-state index in [0.29, 0.717) is 51.8 Å². The summed E-state index contributed by atoms with van der Waals surface area (Å²) in [6, 6.07) is 63.0. The van der Waals surface area contributed by atoms with Crippen molar-refractivity contribution >= 4 is 21.8 Å². The van der Waals surface area contributed by atoms with E-state index < -0.39 is 11.6 Å². The minimum Gasteiger partial charge on any atom is -0.308 e. The minimum atomic E-state index is -0.666. The van der Waals surface area contributed by atoms with Crippen LogP contribution in [0, 0.1) is 11.6 Å². The first-order chi connectivity index (χ1) is 31.0. The van der Waals surface area contributed by atoms with Gasteiger partial charge in [0.05, 0.1) is 16.7 Å². The Labute approximate surface area is 360 Å². The van der Waals surface area contributed by atoms with Crippen LogP contribution in [-0.2, 0) is 0 Å². The molecule has 9 heteroatoms. The molecule has 0 N–H and O–H groups in total. The second-order valence-electron chi connectivity index (χ2n) is 15.0. The standard InChI is InChI=1S/C54H33F2N7/c55-40-27-29-41(45(56)33-40)38-25-28-43(54-61-51(36-19-9-3-10-20-36)58-52(62-54)37-21-11-4-12-22-37)48(32-38)63-46-24-14-13-23-42(46)44-31-39(26-30-47(44)63)53-59-49(34-15-5-1-6-16-34)57-50(60-53)35-17-7-2-8-18-35/h1-33H. The van der Waals surface area contributed by atoms with Gasteiger partial charge < -0.3 is 4.57 Å². The molecular weight excluding hydrogens is 785 g/mol. The third-order valence-electron chi connectivity index (χ3n) is 11.1. The molecule has 0 aliphatic carbocycles. The van der Waals surface area contributed by atoms with Crippen LogP contribution in [0.1, 0.15) is 0 Å². The number of rotatable bonds is 8. The van der Waals surface area contributed by atoms with Crippen molar-refractivity contribution in [1.82, 2.24) is 34.5 Å². The van der Waals surface area contributed by atoms with Gasteiger partial charge in [-0.1, -0.05) is 146 Å². The van der Waals surface area contributed by atoms with Crippen molar-refractivity contribution < 1.29 is 8.78 Å². The fourth-order valence-electron chi connectivity index (χ4n) is 8.04. The quantitative estimate of drug-likeness (QED) is 0.152. The van der Waals surface area contributed by atoms with E-state index in [0.717, 1.165) is 55.7 Å². The molecule has 0 radical (unpaired) electrons. The second-order valence-corrected chi connectivity index (χ2v) is 15.0. The van der Waals surface area contributed by atoms with E-state index in [1.165, 1.54) is 12.1 Å². The molecule has 0 aliphatic heterocycles. The number of para-hydroxylation sites is 1. The number of fused-ring (bicyclic) bond motifs is 3. The summed E-state index contributed by atoms with van der Waals surface area (Å²) in [4.78, 5) is 30.1. The highest BCUT2D eigenvalue weighted by Crippen LogP contribution is 2.40. The number of hydrogen-bond donors (Lipinski definition) is 0. The highest BCUT2D eigenvalue weighted by Gasteiger charge is 2.22. The van der Waals surface area contributed by atoms with Gasteiger partial charge in [-0.3, -0.25) is 0 Å². The van der Waals surface area contributed by atoms with E-state index >= 15 is 4.39 Å². The molecule has 8 aromatic carbocycles. The Hall–Kier alpha value is -8.56. The summed E-state index contributed by atoms with van der Waals surface area (Å²) in [6.07, 6.45) is 0. The first-order valence-electron chi connectivity index (χ1n) is 20.4. The fraction of sp³-hybridized carbons (Fsp3) is 0. The first-order valence-corrected chi connectivity index (χ1v) is 20.4. The molecule has 298 valence electrons. The van der Waals surface area contributed by atoms with Gasteiger partial charge in [0, 0.05) is 55.8 Å². The maximum Gasteiger partial charge on any atom is 0.166 e. The fourth-order valence-corrected chi connectivity index (χ4v) is 8.04. The topological polar surface area (TPSA) is 82.3 Å². The number of halogens is 2. The molecule has 0 fully saturated rings. The van der Waals surface area contributed by atoms with Gasteiger partial charge in [0.25, 0.3) is 0 Å². The summed E-state index contributed by atoms with van der Waals surface area (Å²) in [5.74, 6) is 1.79. The lowest BCUT2D eigenvalue weighted by atomic mass is 10.0. The molecular formula is C54H33F2N7. The maximum atomic E-state index is 15.6. The lowest BCUT2D eigenvalue weighted by Gasteiger charge is -2.17. The summed E-state index contributed by atoms with van der Waals surface area (Å²) in [6.45, 7) is 0. The molecule has 0 atom stereocenters. The molecule has 7 nitrogen and oxygen atoms in total. The molecule has 3 aromatic heterocycles. The maximum absolute atomic E-state index is 15.6. The third kappa shape index (κ3) is 7.07. The Morgan fingerprint density at radius 2 is 0.730 bits per heavy atom. The Morgan fingerprint density at radius 1 is 0.302 bits per heavy atom. The molecule has 0 saturated carbocycles. The normalized spacial score (nSPS) is 11.3. The molecule has 0 bridgehead atoms. The molecule has 11 aromatic rings. The van der Waals surface area contributed by atoms with Crippen molar-refractivity contribution in [3.8, 4) is 85.1 Å². The monoisotopic (exact) mass is 817 g/mol. The van der Waals surface area contributed by atoms with Crippen LogP contribution < -0.4 is 0 Å². The predicted octanol–water partition coefficient (Wildman–Crippen LogP) is 13.1. The van der Waals surface area contributed by atoms with Gasteiger partial charge in [-0.15, -0.1) is 0 Å². The predicted molar refractivity (Wildman–Crippen MR) is 246 cm³/mol. The van der Waals surface area contributed by atoms with Crippen LogP contribution in [0.15, 0.2) is 200 Å². The van der Waals surface area contributed by atoms with Crippen LogP contribution in [0.3, 0.4) is 0 Å². The zero-order chi connectivity index (χ0) is 42.3. The first kappa shape index (κ1) is 37.4. The van der Waals surface area contributed by atoms with E-state index in [-0.39, 0.29) is 5.56 Å². The number of hydrogen-bond acceptors (Lipinski definition) is 6. The van der Waals surface area contributed by atoms with E-state index in [2.05, 4.69) is 28.8 Å². The largest absolute Gasteiger partial charge is 0.308 e. The van der Waals surface area contributed by atoms with Crippen molar-refractivity contribution in [1.29, 1.82) is 0 Å². The highest BCUT2D eigenvalue weighted by atomic mass is 19.1. The summed E-state index contributed by atoms with van der Waals surface area (Å²) in [5.41, 5.74) is 8.19.